The lowest BCUT2D eigenvalue weighted by atomic mass is 10.2. The van der Waals surface area contributed by atoms with E-state index in [1.165, 1.54) is 16.2 Å². The lowest BCUT2D eigenvalue weighted by molar-refractivity contribution is 1.44. The van der Waals surface area contributed by atoms with Crippen LogP contribution in [0.25, 0.3) is 0 Å². The molecule has 3 rings (SSSR count). The van der Waals surface area contributed by atoms with Crippen molar-refractivity contribution >= 4 is 23.4 Å². The summed E-state index contributed by atoms with van der Waals surface area (Å²) in [5.41, 5.74) is 2.28. The zero-order valence-corrected chi connectivity index (χ0v) is 14.9. The van der Waals surface area contributed by atoms with E-state index in [9.17, 15) is 0 Å². The van der Waals surface area contributed by atoms with Crippen LogP contribution < -0.4 is 10.6 Å². The summed E-state index contributed by atoms with van der Waals surface area (Å²) >= 11 is 0. The van der Waals surface area contributed by atoms with Crippen LogP contribution in [0.2, 0.25) is 0 Å². The fraction of sp³-hybridized carbons (Fsp3) is 0.0909. The Morgan fingerprint density at radius 2 is 1.29 bits per heavy atom. The summed E-state index contributed by atoms with van der Waals surface area (Å²) in [6.45, 7) is 6.12. The minimum Gasteiger partial charge on any atom is -0.258 e. The van der Waals surface area contributed by atoms with Gasteiger partial charge in [-0.05, 0) is 29.7 Å². The molecule has 0 unspecified atom stereocenters. The zero-order valence-electron chi connectivity index (χ0n) is 14.0. The number of allylic oxidation sites excluding steroid dienone is 1. The van der Waals surface area contributed by atoms with Gasteiger partial charge in [-0.1, -0.05) is 84.4 Å². The van der Waals surface area contributed by atoms with Crippen molar-refractivity contribution in [1.82, 2.24) is 0 Å². The van der Waals surface area contributed by atoms with Gasteiger partial charge in [-0.25, -0.2) is 0 Å². The number of rotatable bonds is 5. The molecule has 2 heteroatoms. The molecule has 0 radical (unpaired) electrons. The SMILES string of the molecule is C=CCP(=Nc1ccc(C)cc1)(c1ccccc1)c1ccccc1. The van der Waals surface area contributed by atoms with Crippen molar-refractivity contribution in [3.63, 3.8) is 0 Å². The molecule has 0 atom stereocenters. The average Bonchev–Trinajstić information content (AvgIpc) is 2.64. The highest BCUT2D eigenvalue weighted by Crippen LogP contribution is 2.50. The average molecular weight is 331 g/mol. The monoisotopic (exact) mass is 331 g/mol. The molecule has 120 valence electrons. The lowest BCUT2D eigenvalue weighted by Gasteiger charge is -2.25. The van der Waals surface area contributed by atoms with E-state index in [0.717, 1.165) is 11.8 Å². The highest BCUT2D eigenvalue weighted by atomic mass is 31.2. The third kappa shape index (κ3) is 3.42. The molecule has 0 N–H and O–H groups in total. The fourth-order valence-corrected chi connectivity index (χ4v) is 6.13. The first kappa shape index (κ1) is 16.5. The molecule has 3 aromatic rings. The molecule has 24 heavy (non-hydrogen) atoms. The minimum atomic E-state index is -1.93. The maximum atomic E-state index is 5.30. The molecule has 0 saturated heterocycles. The molecule has 3 aromatic carbocycles. The van der Waals surface area contributed by atoms with Crippen molar-refractivity contribution in [3.8, 4) is 0 Å². The van der Waals surface area contributed by atoms with Gasteiger partial charge in [0.25, 0.3) is 0 Å². The maximum absolute atomic E-state index is 5.30. The molecule has 0 aromatic heterocycles. The van der Waals surface area contributed by atoms with Crippen LogP contribution in [0.5, 0.6) is 0 Å². The molecule has 0 aliphatic heterocycles. The predicted molar refractivity (Wildman–Crippen MR) is 107 cm³/mol. The maximum Gasteiger partial charge on any atom is 0.0621 e. The van der Waals surface area contributed by atoms with Crippen molar-refractivity contribution in [2.75, 3.05) is 6.16 Å². The molecule has 1 nitrogen and oxygen atoms in total. The summed E-state index contributed by atoms with van der Waals surface area (Å²) < 4.78 is 5.30. The number of hydrogen-bond acceptors (Lipinski definition) is 1. The van der Waals surface area contributed by atoms with Crippen LogP contribution in [0.15, 0.2) is 102 Å². The van der Waals surface area contributed by atoms with Crippen LogP contribution >= 0.6 is 7.05 Å². The number of benzene rings is 3. The summed E-state index contributed by atoms with van der Waals surface area (Å²) in [6.07, 6.45) is 2.86. The third-order valence-electron chi connectivity index (χ3n) is 4.08. The van der Waals surface area contributed by atoms with E-state index < -0.39 is 7.05 Å². The first-order valence-corrected chi connectivity index (χ1v) is 10.1. The Morgan fingerprint density at radius 3 is 1.75 bits per heavy atom. The molecule has 0 bridgehead atoms. The molecular weight excluding hydrogens is 309 g/mol. The van der Waals surface area contributed by atoms with Crippen molar-refractivity contribution in [2.45, 2.75) is 6.92 Å². The Bertz CT molecular complexity index is 806. The largest absolute Gasteiger partial charge is 0.258 e. The topological polar surface area (TPSA) is 12.4 Å². The van der Waals surface area contributed by atoms with Crippen LogP contribution in [-0.2, 0) is 0 Å². The smallest absolute Gasteiger partial charge is 0.0621 e. The Labute approximate surface area is 144 Å². The third-order valence-corrected chi connectivity index (χ3v) is 7.74. The second-order valence-electron chi connectivity index (χ2n) is 5.85. The molecular formula is C22H22NP. The second-order valence-corrected chi connectivity index (χ2v) is 8.98. The van der Waals surface area contributed by atoms with E-state index >= 15 is 0 Å². The van der Waals surface area contributed by atoms with Gasteiger partial charge in [0, 0.05) is 13.2 Å². The van der Waals surface area contributed by atoms with Gasteiger partial charge in [-0.3, -0.25) is 4.74 Å². The van der Waals surface area contributed by atoms with Crippen molar-refractivity contribution in [1.29, 1.82) is 0 Å². The van der Waals surface area contributed by atoms with Crippen molar-refractivity contribution in [3.05, 3.63) is 103 Å². The van der Waals surface area contributed by atoms with E-state index in [1.54, 1.807) is 0 Å². The lowest BCUT2D eigenvalue weighted by Crippen LogP contribution is -2.18. The van der Waals surface area contributed by atoms with Crippen LogP contribution in [0.4, 0.5) is 5.69 Å². The predicted octanol–water partition coefficient (Wildman–Crippen LogP) is 5.66. The summed E-state index contributed by atoms with van der Waals surface area (Å²) in [5.74, 6) is 0. The molecule has 0 heterocycles. The van der Waals surface area contributed by atoms with E-state index in [0.29, 0.717) is 0 Å². The number of aryl methyl sites for hydroxylation is 1. The van der Waals surface area contributed by atoms with E-state index in [-0.39, 0.29) is 0 Å². The second kappa shape index (κ2) is 7.47. The highest BCUT2D eigenvalue weighted by Gasteiger charge is 2.23. The number of hydrogen-bond donors (Lipinski definition) is 0. The fourth-order valence-electron chi connectivity index (χ4n) is 2.86. The molecule has 0 fully saturated rings. The Hall–Kier alpha value is -2.37. The van der Waals surface area contributed by atoms with Crippen molar-refractivity contribution in [2.24, 2.45) is 4.74 Å². The standard InChI is InChI=1S/C22H22NP/c1-3-18-24(21-10-6-4-7-11-21,22-12-8-5-9-13-22)23-20-16-14-19(2)15-17-20/h3-17H,1,18H2,2H3. The summed E-state index contributed by atoms with van der Waals surface area (Å²) in [6, 6.07) is 29.8. The first-order valence-electron chi connectivity index (χ1n) is 8.15. The van der Waals surface area contributed by atoms with E-state index in [2.05, 4.69) is 98.4 Å². The summed E-state index contributed by atoms with van der Waals surface area (Å²) in [4.78, 5) is 0. The van der Waals surface area contributed by atoms with Gasteiger partial charge in [0.2, 0.25) is 0 Å². The molecule has 0 aliphatic carbocycles. The van der Waals surface area contributed by atoms with Gasteiger partial charge < -0.3 is 0 Å². The molecule has 0 amide bonds. The Kier molecular flexibility index (Phi) is 5.13. The minimum absolute atomic E-state index is 0.856. The normalized spacial score (nSPS) is 11.0. The van der Waals surface area contributed by atoms with E-state index in [4.69, 9.17) is 4.74 Å². The van der Waals surface area contributed by atoms with Gasteiger partial charge in [0.15, 0.2) is 0 Å². The highest BCUT2D eigenvalue weighted by molar-refractivity contribution is 7.81. The van der Waals surface area contributed by atoms with Gasteiger partial charge in [0.05, 0.1) is 5.69 Å². The quantitative estimate of drug-likeness (QED) is 0.422. The van der Waals surface area contributed by atoms with Crippen molar-refractivity contribution < 1.29 is 0 Å². The zero-order chi connectivity index (χ0) is 16.8. The Balaban J connectivity index is 2.30. The Morgan fingerprint density at radius 1 is 0.792 bits per heavy atom. The summed E-state index contributed by atoms with van der Waals surface area (Å²) in [5, 5.41) is 2.58. The first-order chi connectivity index (χ1) is 11.7. The van der Waals surface area contributed by atoms with Gasteiger partial charge in [-0.2, -0.15) is 0 Å². The van der Waals surface area contributed by atoms with Crippen LogP contribution in [0.3, 0.4) is 0 Å². The van der Waals surface area contributed by atoms with Crippen LogP contribution in [0.1, 0.15) is 5.56 Å². The molecule has 0 saturated carbocycles. The van der Waals surface area contributed by atoms with Crippen LogP contribution in [0, 0.1) is 6.92 Å². The molecule has 0 spiro atoms. The molecule has 0 aliphatic rings. The number of nitrogens with zero attached hydrogens (tertiary/aromatic N) is 1. The van der Waals surface area contributed by atoms with Gasteiger partial charge in [-0.15, -0.1) is 6.58 Å². The van der Waals surface area contributed by atoms with Gasteiger partial charge >= 0.3 is 0 Å². The van der Waals surface area contributed by atoms with E-state index in [1.807, 2.05) is 6.08 Å². The summed E-state index contributed by atoms with van der Waals surface area (Å²) in [7, 11) is -1.93. The van der Waals surface area contributed by atoms with Gasteiger partial charge in [0.1, 0.15) is 0 Å². The van der Waals surface area contributed by atoms with Crippen LogP contribution in [-0.4, -0.2) is 6.16 Å².